The molecular weight excluding hydrogens is 335 g/mol. The van der Waals surface area contributed by atoms with Gasteiger partial charge in [-0.1, -0.05) is 19.4 Å². The molecular formula is C17H20F3N3O2. The molecule has 25 heavy (non-hydrogen) atoms. The summed E-state index contributed by atoms with van der Waals surface area (Å²) in [6.45, 7) is 2.38. The molecule has 0 saturated carbocycles. The Balaban J connectivity index is 2.45. The summed E-state index contributed by atoms with van der Waals surface area (Å²) in [6, 6.07) is 6.18. The number of halogens is 3. The maximum Gasteiger partial charge on any atom is 0.416 e. The molecule has 2 aromatic rings. The number of carbonyl (C=O) groups is 1. The molecule has 0 aliphatic rings. The van der Waals surface area contributed by atoms with E-state index in [4.69, 9.17) is 4.74 Å². The zero-order chi connectivity index (χ0) is 18.6. The first-order chi connectivity index (χ1) is 11.7. The smallest absolute Gasteiger partial charge is 0.416 e. The number of hydrogen-bond acceptors (Lipinski definition) is 3. The van der Waals surface area contributed by atoms with Crippen LogP contribution < -0.4 is 4.74 Å². The summed E-state index contributed by atoms with van der Waals surface area (Å²) < 4.78 is 45.7. The van der Waals surface area contributed by atoms with Gasteiger partial charge in [0.25, 0.3) is 5.91 Å². The van der Waals surface area contributed by atoms with Crippen molar-refractivity contribution in [2.45, 2.75) is 25.9 Å². The number of ether oxygens (including phenoxy) is 1. The Bertz CT molecular complexity index is 739. The van der Waals surface area contributed by atoms with Gasteiger partial charge in [-0.2, -0.15) is 18.3 Å². The summed E-state index contributed by atoms with van der Waals surface area (Å²) in [7, 11) is 3.15. The first kappa shape index (κ1) is 18.8. The van der Waals surface area contributed by atoms with E-state index in [0.717, 1.165) is 25.0 Å². The molecule has 0 spiro atoms. The van der Waals surface area contributed by atoms with Crippen molar-refractivity contribution >= 4 is 5.91 Å². The number of nitrogens with zero attached hydrogens (tertiary/aromatic N) is 3. The van der Waals surface area contributed by atoms with Gasteiger partial charge in [-0.05, 0) is 24.6 Å². The average molecular weight is 355 g/mol. The van der Waals surface area contributed by atoms with Gasteiger partial charge < -0.3 is 9.64 Å². The fraction of sp³-hybridized carbons (Fsp3) is 0.412. The van der Waals surface area contributed by atoms with Crippen LogP contribution in [0, 0.1) is 0 Å². The number of rotatable bonds is 6. The van der Waals surface area contributed by atoms with Gasteiger partial charge in [-0.25, -0.2) is 4.68 Å². The van der Waals surface area contributed by atoms with E-state index in [1.54, 1.807) is 14.1 Å². The van der Waals surface area contributed by atoms with E-state index >= 15 is 0 Å². The zero-order valence-electron chi connectivity index (χ0n) is 14.3. The van der Waals surface area contributed by atoms with Crippen LogP contribution in [0.15, 0.2) is 30.3 Å². The Morgan fingerprint density at radius 2 is 2.00 bits per heavy atom. The summed E-state index contributed by atoms with van der Waals surface area (Å²) in [5.41, 5.74) is -0.506. The van der Waals surface area contributed by atoms with Gasteiger partial charge in [0.15, 0.2) is 5.69 Å². The van der Waals surface area contributed by atoms with Crippen LogP contribution in [0.4, 0.5) is 13.2 Å². The second kappa shape index (κ2) is 7.58. The molecule has 0 N–H and O–H groups in total. The highest BCUT2D eigenvalue weighted by molar-refractivity contribution is 5.92. The molecule has 0 bridgehead atoms. The van der Waals surface area contributed by atoms with Gasteiger partial charge >= 0.3 is 6.18 Å². The minimum atomic E-state index is -4.46. The molecule has 0 atom stereocenters. The number of aromatic nitrogens is 2. The molecule has 5 nitrogen and oxygen atoms in total. The Morgan fingerprint density at radius 1 is 1.28 bits per heavy atom. The molecule has 0 radical (unpaired) electrons. The molecule has 1 aromatic carbocycles. The maximum atomic E-state index is 13.0. The lowest BCUT2D eigenvalue weighted by Crippen LogP contribution is -2.22. The van der Waals surface area contributed by atoms with Crippen LogP contribution in [-0.4, -0.2) is 41.3 Å². The number of carbonyl (C=O) groups excluding carboxylic acids is 1. The maximum absolute atomic E-state index is 13.0. The SMILES string of the molecule is CCCCOc1cc(C(=O)N(C)C)nn1-c1cccc(C(F)(F)F)c1. The molecule has 0 unspecified atom stereocenters. The van der Waals surface area contributed by atoms with Gasteiger partial charge in [0, 0.05) is 20.2 Å². The van der Waals surface area contributed by atoms with E-state index in [9.17, 15) is 18.0 Å². The van der Waals surface area contributed by atoms with E-state index in [1.807, 2.05) is 6.92 Å². The molecule has 0 aliphatic carbocycles. The van der Waals surface area contributed by atoms with Crippen LogP contribution in [0.25, 0.3) is 5.69 Å². The average Bonchev–Trinajstić information content (AvgIpc) is 2.97. The third-order valence-corrected chi connectivity index (χ3v) is 3.47. The third-order valence-electron chi connectivity index (χ3n) is 3.47. The predicted molar refractivity (Wildman–Crippen MR) is 87.0 cm³/mol. The number of hydrogen-bond donors (Lipinski definition) is 0. The minimum Gasteiger partial charge on any atom is -0.478 e. The topological polar surface area (TPSA) is 47.4 Å². The number of alkyl halides is 3. The van der Waals surface area contributed by atoms with E-state index in [1.165, 1.54) is 27.8 Å². The Labute approximate surface area is 144 Å². The van der Waals surface area contributed by atoms with Crippen molar-refractivity contribution in [2.75, 3.05) is 20.7 Å². The zero-order valence-corrected chi connectivity index (χ0v) is 14.3. The molecule has 1 amide bonds. The second-order valence-corrected chi connectivity index (χ2v) is 5.73. The summed E-state index contributed by atoms with van der Waals surface area (Å²) in [5, 5.41) is 4.14. The van der Waals surface area contributed by atoms with Gasteiger partial charge in [-0.15, -0.1) is 0 Å². The fourth-order valence-corrected chi connectivity index (χ4v) is 2.12. The van der Waals surface area contributed by atoms with Crippen molar-refractivity contribution in [3.05, 3.63) is 41.6 Å². The number of unbranched alkanes of at least 4 members (excludes halogenated alkanes) is 1. The lowest BCUT2D eigenvalue weighted by molar-refractivity contribution is -0.137. The monoisotopic (exact) mass is 355 g/mol. The highest BCUT2D eigenvalue weighted by atomic mass is 19.4. The van der Waals surface area contributed by atoms with Crippen LogP contribution >= 0.6 is 0 Å². The summed E-state index contributed by atoms with van der Waals surface area (Å²) in [5.74, 6) is -0.121. The molecule has 2 rings (SSSR count). The van der Waals surface area contributed by atoms with Gasteiger partial charge in [-0.3, -0.25) is 4.79 Å². The van der Waals surface area contributed by atoms with E-state index in [0.29, 0.717) is 6.61 Å². The third kappa shape index (κ3) is 4.52. The summed E-state index contributed by atoms with van der Waals surface area (Å²) >= 11 is 0. The minimum absolute atomic E-state index is 0.105. The molecule has 8 heteroatoms. The fourth-order valence-electron chi connectivity index (χ4n) is 2.12. The molecule has 1 aromatic heterocycles. The summed E-state index contributed by atoms with van der Waals surface area (Å²) in [6.07, 6.45) is -2.78. The first-order valence-corrected chi connectivity index (χ1v) is 7.86. The summed E-state index contributed by atoms with van der Waals surface area (Å²) in [4.78, 5) is 13.5. The van der Waals surface area contributed by atoms with Crippen LogP contribution in [0.3, 0.4) is 0 Å². The van der Waals surface area contributed by atoms with Crippen molar-refractivity contribution in [1.82, 2.24) is 14.7 Å². The van der Waals surface area contributed by atoms with Crippen molar-refractivity contribution < 1.29 is 22.7 Å². The first-order valence-electron chi connectivity index (χ1n) is 7.86. The van der Waals surface area contributed by atoms with Crippen LogP contribution in [0.1, 0.15) is 35.8 Å². The van der Waals surface area contributed by atoms with Gasteiger partial charge in [0.2, 0.25) is 5.88 Å². The normalized spacial score (nSPS) is 11.4. The lowest BCUT2D eigenvalue weighted by Gasteiger charge is -2.11. The highest BCUT2D eigenvalue weighted by Crippen LogP contribution is 2.31. The lowest BCUT2D eigenvalue weighted by atomic mass is 10.2. The quantitative estimate of drug-likeness (QED) is 0.741. The molecule has 136 valence electrons. The second-order valence-electron chi connectivity index (χ2n) is 5.73. The molecule has 0 saturated heterocycles. The highest BCUT2D eigenvalue weighted by Gasteiger charge is 2.31. The van der Waals surface area contributed by atoms with Gasteiger partial charge in [0.1, 0.15) is 0 Å². The van der Waals surface area contributed by atoms with E-state index in [-0.39, 0.29) is 23.2 Å². The van der Waals surface area contributed by atoms with Crippen LogP contribution in [-0.2, 0) is 6.18 Å². The standard InChI is InChI=1S/C17H20F3N3O2/c1-4-5-9-25-15-11-14(16(24)22(2)3)21-23(15)13-8-6-7-12(10-13)17(18,19)20/h6-8,10-11H,4-5,9H2,1-3H3. The van der Waals surface area contributed by atoms with Crippen molar-refractivity contribution in [1.29, 1.82) is 0 Å². The number of amides is 1. The van der Waals surface area contributed by atoms with Gasteiger partial charge in [0.05, 0.1) is 17.9 Å². The van der Waals surface area contributed by atoms with Crippen molar-refractivity contribution in [3.63, 3.8) is 0 Å². The molecule has 1 heterocycles. The Hall–Kier alpha value is -2.51. The largest absolute Gasteiger partial charge is 0.478 e. The Morgan fingerprint density at radius 3 is 2.60 bits per heavy atom. The van der Waals surface area contributed by atoms with Crippen molar-refractivity contribution in [3.8, 4) is 11.6 Å². The van der Waals surface area contributed by atoms with Crippen LogP contribution in [0.5, 0.6) is 5.88 Å². The van der Waals surface area contributed by atoms with Crippen molar-refractivity contribution in [2.24, 2.45) is 0 Å². The molecule has 0 fully saturated rings. The van der Waals surface area contributed by atoms with E-state index < -0.39 is 11.7 Å². The Kier molecular flexibility index (Phi) is 5.71. The predicted octanol–water partition coefficient (Wildman–Crippen LogP) is 3.77. The van der Waals surface area contributed by atoms with E-state index in [2.05, 4.69) is 5.10 Å². The van der Waals surface area contributed by atoms with Crippen LogP contribution in [0.2, 0.25) is 0 Å². The molecule has 0 aliphatic heterocycles. The number of benzene rings is 1.